The van der Waals surface area contributed by atoms with Crippen LogP contribution in [0.1, 0.15) is 26.3 Å². The highest BCUT2D eigenvalue weighted by molar-refractivity contribution is 6.36. The Morgan fingerprint density at radius 2 is 1.60 bits per heavy atom. The van der Waals surface area contributed by atoms with Crippen LogP contribution >= 0.6 is 0 Å². The number of anilines is 2. The number of hydrogen-bond acceptors (Lipinski definition) is 5. The van der Waals surface area contributed by atoms with Crippen molar-refractivity contribution in [1.82, 2.24) is 4.90 Å². The quantitative estimate of drug-likeness (QED) is 0.670. The number of nitrogens with one attached hydrogen (secondary N) is 1. The number of hydrogen-bond donors (Lipinski definition) is 1. The summed E-state index contributed by atoms with van der Waals surface area (Å²) >= 11 is 0. The summed E-state index contributed by atoms with van der Waals surface area (Å²) in [4.78, 5) is 29.6. The fourth-order valence-electron chi connectivity index (χ4n) is 3.36. The van der Waals surface area contributed by atoms with E-state index in [4.69, 9.17) is 4.74 Å². The van der Waals surface area contributed by atoms with Gasteiger partial charge in [0, 0.05) is 32.0 Å². The Morgan fingerprint density at radius 1 is 0.967 bits per heavy atom. The van der Waals surface area contributed by atoms with Crippen LogP contribution in [0.3, 0.4) is 0 Å². The van der Waals surface area contributed by atoms with Gasteiger partial charge in [0.25, 0.3) is 11.8 Å². The van der Waals surface area contributed by atoms with Crippen molar-refractivity contribution in [1.29, 1.82) is 0 Å². The largest absolute Gasteiger partial charge is 0.494 e. The summed E-state index contributed by atoms with van der Waals surface area (Å²) in [6, 6.07) is 15.0. The van der Waals surface area contributed by atoms with Crippen LogP contribution in [0, 0.1) is 5.92 Å². The first kappa shape index (κ1) is 21.4. The second-order valence-corrected chi connectivity index (χ2v) is 7.89. The number of rotatable bonds is 8. The van der Waals surface area contributed by atoms with E-state index in [9.17, 15) is 9.59 Å². The van der Waals surface area contributed by atoms with Gasteiger partial charge >= 0.3 is 0 Å². The summed E-state index contributed by atoms with van der Waals surface area (Å²) in [6.07, 6.45) is 0. The second-order valence-electron chi connectivity index (χ2n) is 7.89. The highest BCUT2D eigenvalue weighted by Crippen LogP contribution is 2.32. The first-order valence-corrected chi connectivity index (χ1v) is 10.2. The van der Waals surface area contributed by atoms with Gasteiger partial charge in [0.15, 0.2) is 0 Å². The summed E-state index contributed by atoms with van der Waals surface area (Å²) in [5.74, 6) is 0.337. The van der Waals surface area contributed by atoms with Crippen molar-refractivity contribution in [3.63, 3.8) is 0 Å². The second kappa shape index (κ2) is 9.03. The van der Waals surface area contributed by atoms with Crippen molar-refractivity contribution >= 4 is 28.8 Å². The molecule has 1 aliphatic heterocycles. The van der Waals surface area contributed by atoms with Gasteiger partial charge in [0.1, 0.15) is 11.4 Å². The van der Waals surface area contributed by atoms with Gasteiger partial charge < -0.3 is 15.0 Å². The zero-order valence-corrected chi connectivity index (χ0v) is 18.2. The Labute approximate surface area is 178 Å². The Bertz CT molecular complexity index is 945. The third-order valence-electron chi connectivity index (χ3n) is 4.82. The van der Waals surface area contributed by atoms with Gasteiger partial charge in [-0.25, -0.2) is 0 Å². The monoisotopic (exact) mass is 407 g/mol. The first-order valence-electron chi connectivity index (χ1n) is 10.2. The van der Waals surface area contributed by atoms with Crippen LogP contribution in [-0.4, -0.2) is 44.0 Å². The molecule has 0 fully saturated rings. The van der Waals surface area contributed by atoms with Gasteiger partial charge in [-0.2, -0.15) is 0 Å². The van der Waals surface area contributed by atoms with Crippen LogP contribution in [0.4, 0.5) is 11.4 Å². The molecule has 6 nitrogen and oxygen atoms in total. The van der Waals surface area contributed by atoms with E-state index in [0.717, 1.165) is 17.1 Å². The highest BCUT2D eigenvalue weighted by Gasteiger charge is 2.39. The van der Waals surface area contributed by atoms with Crippen molar-refractivity contribution in [3.8, 4) is 5.75 Å². The highest BCUT2D eigenvalue weighted by atomic mass is 16.5. The molecule has 0 saturated carbocycles. The summed E-state index contributed by atoms with van der Waals surface area (Å²) in [5, 5.41) is 3.20. The van der Waals surface area contributed by atoms with Crippen molar-refractivity contribution in [2.75, 3.05) is 37.5 Å². The number of ether oxygens (including phenoxy) is 1. The molecule has 0 atom stereocenters. The lowest BCUT2D eigenvalue weighted by molar-refractivity contribution is -0.137. The standard InChI is InChI=1S/C24H29N3O3/c1-6-30-20-13-7-17(8-14-20)21-22(24(29)27(23(21)28)15-16(2)3)25-18-9-11-19(12-10-18)26(4)5/h7-14,16,25H,6,15H2,1-5H3. The fraction of sp³-hybridized carbons (Fsp3) is 0.333. The lowest BCUT2D eigenvalue weighted by atomic mass is 10.0. The summed E-state index contributed by atoms with van der Waals surface area (Å²) < 4.78 is 5.50. The maximum absolute atomic E-state index is 13.2. The molecular weight excluding hydrogens is 378 g/mol. The SMILES string of the molecule is CCOc1ccc(C2=C(Nc3ccc(N(C)C)cc3)C(=O)N(CC(C)C)C2=O)cc1. The lowest BCUT2D eigenvalue weighted by Gasteiger charge is -2.17. The Balaban J connectivity index is 1.99. The first-order chi connectivity index (χ1) is 14.3. The van der Waals surface area contributed by atoms with Gasteiger partial charge in [-0.1, -0.05) is 26.0 Å². The predicted octanol–water partition coefficient (Wildman–Crippen LogP) is 4.00. The van der Waals surface area contributed by atoms with E-state index in [2.05, 4.69) is 5.32 Å². The molecule has 2 amide bonds. The number of carbonyl (C=O) groups excluding carboxylic acids is 2. The fourth-order valence-corrected chi connectivity index (χ4v) is 3.36. The average molecular weight is 408 g/mol. The third kappa shape index (κ3) is 4.48. The summed E-state index contributed by atoms with van der Waals surface area (Å²) in [7, 11) is 3.94. The van der Waals surface area contributed by atoms with Gasteiger partial charge in [0.2, 0.25) is 0 Å². The topological polar surface area (TPSA) is 61.9 Å². The molecule has 2 aromatic carbocycles. The molecule has 0 aliphatic carbocycles. The molecule has 1 aliphatic rings. The number of carbonyl (C=O) groups is 2. The molecule has 158 valence electrons. The van der Waals surface area contributed by atoms with Crippen LogP contribution in [0.25, 0.3) is 5.57 Å². The minimum atomic E-state index is -0.297. The molecule has 1 N–H and O–H groups in total. The van der Waals surface area contributed by atoms with E-state index >= 15 is 0 Å². The average Bonchev–Trinajstić information content (AvgIpc) is 2.93. The number of benzene rings is 2. The molecular formula is C24H29N3O3. The van der Waals surface area contributed by atoms with E-state index in [1.807, 2.05) is 88.3 Å². The van der Waals surface area contributed by atoms with Gasteiger partial charge in [-0.05, 0) is 54.8 Å². The molecule has 0 spiro atoms. The van der Waals surface area contributed by atoms with Crippen LogP contribution in [0.15, 0.2) is 54.2 Å². The summed E-state index contributed by atoms with van der Waals surface area (Å²) in [6.45, 7) is 6.84. The molecule has 0 saturated heterocycles. The molecule has 0 bridgehead atoms. The van der Waals surface area contributed by atoms with Crippen LogP contribution in [0.5, 0.6) is 5.75 Å². The van der Waals surface area contributed by atoms with E-state index in [-0.39, 0.29) is 17.7 Å². The third-order valence-corrected chi connectivity index (χ3v) is 4.82. The number of nitrogens with zero attached hydrogens (tertiary/aromatic N) is 2. The molecule has 30 heavy (non-hydrogen) atoms. The van der Waals surface area contributed by atoms with E-state index in [0.29, 0.717) is 30.0 Å². The molecule has 2 aromatic rings. The minimum Gasteiger partial charge on any atom is -0.494 e. The Morgan fingerprint density at radius 3 is 2.13 bits per heavy atom. The van der Waals surface area contributed by atoms with E-state index in [1.165, 1.54) is 4.90 Å². The number of imide groups is 1. The maximum Gasteiger partial charge on any atom is 0.278 e. The van der Waals surface area contributed by atoms with Crippen molar-refractivity contribution in [3.05, 3.63) is 59.8 Å². The van der Waals surface area contributed by atoms with E-state index < -0.39 is 0 Å². The molecule has 6 heteroatoms. The zero-order valence-electron chi connectivity index (χ0n) is 18.2. The van der Waals surface area contributed by atoms with Gasteiger partial charge in [-0.3, -0.25) is 14.5 Å². The maximum atomic E-state index is 13.2. The van der Waals surface area contributed by atoms with Crippen LogP contribution in [0.2, 0.25) is 0 Å². The van der Waals surface area contributed by atoms with Crippen molar-refractivity contribution in [2.24, 2.45) is 5.92 Å². The molecule has 0 radical (unpaired) electrons. The van der Waals surface area contributed by atoms with E-state index in [1.54, 1.807) is 0 Å². The van der Waals surface area contributed by atoms with Crippen LogP contribution in [-0.2, 0) is 9.59 Å². The smallest absolute Gasteiger partial charge is 0.278 e. The van der Waals surface area contributed by atoms with Gasteiger partial charge in [-0.15, -0.1) is 0 Å². The normalized spacial score (nSPS) is 14.0. The predicted molar refractivity (Wildman–Crippen MR) is 120 cm³/mol. The van der Waals surface area contributed by atoms with Crippen molar-refractivity contribution in [2.45, 2.75) is 20.8 Å². The number of amides is 2. The Kier molecular flexibility index (Phi) is 6.45. The Hall–Kier alpha value is -3.28. The molecule has 1 heterocycles. The lowest BCUT2D eigenvalue weighted by Crippen LogP contribution is -2.35. The molecule has 0 aromatic heterocycles. The van der Waals surface area contributed by atoms with Gasteiger partial charge in [0.05, 0.1) is 12.2 Å². The summed E-state index contributed by atoms with van der Waals surface area (Å²) in [5.41, 5.74) is 3.20. The van der Waals surface area contributed by atoms with Crippen molar-refractivity contribution < 1.29 is 14.3 Å². The minimum absolute atomic E-state index is 0.179. The van der Waals surface area contributed by atoms with Crippen LogP contribution < -0.4 is 15.0 Å². The molecule has 0 unspecified atom stereocenters. The zero-order chi connectivity index (χ0) is 21.8. The molecule has 3 rings (SSSR count).